The van der Waals surface area contributed by atoms with Crippen LogP contribution in [-0.4, -0.2) is 68.4 Å². The number of rotatable bonds is 6. The van der Waals surface area contributed by atoms with Crippen molar-refractivity contribution in [1.29, 1.82) is 0 Å². The van der Waals surface area contributed by atoms with Crippen molar-refractivity contribution in [2.75, 3.05) is 39.3 Å². The van der Waals surface area contributed by atoms with Gasteiger partial charge < -0.3 is 9.64 Å². The van der Waals surface area contributed by atoms with E-state index in [4.69, 9.17) is 4.74 Å². The number of hydrogen-bond acceptors (Lipinski definition) is 6. The minimum Gasteiger partial charge on any atom is -0.492 e. The molecular weight excluding hydrogens is 548 g/mol. The number of ether oxygens (including phenoxy) is 1. The zero-order chi connectivity index (χ0) is 29.4. The standard InChI is InChI=1S/C33H42N4O4S/c1-27-11-13-30(14-12-27)42(39,40)35-24-32(38)37-19-16-33(17-20-37)15-5-4-9-29-8-2-3-10-31(29)41-22-21-36(26-33)25-28-7-6-18-34-23-28/h2-3,6-8,10-14,18,23,35H,4-5,9,15-17,19-22,24-26H2,1H3. The molecule has 1 amide bonds. The first-order valence-electron chi connectivity index (χ1n) is 15.0. The molecule has 2 aliphatic rings. The molecule has 0 unspecified atom stereocenters. The van der Waals surface area contributed by atoms with Gasteiger partial charge in [-0.3, -0.25) is 14.7 Å². The minimum atomic E-state index is -3.74. The van der Waals surface area contributed by atoms with Gasteiger partial charge in [0.2, 0.25) is 15.9 Å². The molecule has 8 nitrogen and oxygen atoms in total. The molecule has 0 bridgehead atoms. The van der Waals surface area contributed by atoms with E-state index in [1.807, 2.05) is 30.2 Å². The molecule has 1 fully saturated rings. The van der Waals surface area contributed by atoms with Gasteiger partial charge in [-0.05, 0) is 79.8 Å². The van der Waals surface area contributed by atoms with Gasteiger partial charge in [0, 0.05) is 45.1 Å². The van der Waals surface area contributed by atoms with Gasteiger partial charge in [-0.1, -0.05) is 48.4 Å². The Bertz CT molecular complexity index is 1420. The summed E-state index contributed by atoms with van der Waals surface area (Å²) in [6, 6.07) is 19.1. The summed E-state index contributed by atoms with van der Waals surface area (Å²) in [5, 5.41) is 0. The molecule has 1 N–H and O–H groups in total. The van der Waals surface area contributed by atoms with E-state index in [1.165, 1.54) is 11.1 Å². The second kappa shape index (κ2) is 13.8. The zero-order valence-corrected chi connectivity index (χ0v) is 25.3. The number of benzene rings is 2. The summed E-state index contributed by atoms with van der Waals surface area (Å²) in [5.41, 5.74) is 3.50. The summed E-state index contributed by atoms with van der Waals surface area (Å²) >= 11 is 0. The lowest BCUT2D eigenvalue weighted by atomic mass is 9.73. The second-order valence-electron chi connectivity index (χ2n) is 11.8. The van der Waals surface area contributed by atoms with Crippen molar-refractivity contribution < 1.29 is 17.9 Å². The largest absolute Gasteiger partial charge is 0.492 e. The van der Waals surface area contributed by atoms with Crippen molar-refractivity contribution in [2.45, 2.75) is 56.9 Å². The number of pyridine rings is 1. The molecule has 0 saturated carbocycles. The van der Waals surface area contributed by atoms with Crippen LogP contribution in [0.25, 0.3) is 0 Å². The average Bonchev–Trinajstić information content (AvgIpc) is 2.99. The van der Waals surface area contributed by atoms with Gasteiger partial charge in [0.05, 0.1) is 11.4 Å². The van der Waals surface area contributed by atoms with Crippen LogP contribution in [0.1, 0.15) is 48.8 Å². The highest BCUT2D eigenvalue weighted by Crippen LogP contribution is 2.38. The maximum Gasteiger partial charge on any atom is 0.241 e. The topological polar surface area (TPSA) is 91.8 Å². The molecule has 1 saturated heterocycles. The molecule has 0 aliphatic carbocycles. The van der Waals surface area contributed by atoms with Crippen LogP contribution in [0, 0.1) is 12.3 Å². The highest BCUT2D eigenvalue weighted by Gasteiger charge is 2.37. The fraction of sp³-hybridized carbons (Fsp3) is 0.455. The summed E-state index contributed by atoms with van der Waals surface area (Å²) in [7, 11) is -3.74. The first kappa shape index (κ1) is 30.2. The molecule has 0 atom stereocenters. The average molecular weight is 591 g/mol. The molecule has 9 heteroatoms. The fourth-order valence-electron chi connectivity index (χ4n) is 6.18. The van der Waals surface area contributed by atoms with Crippen molar-refractivity contribution in [3.05, 3.63) is 89.7 Å². The lowest BCUT2D eigenvalue weighted by Gasteiger charge is -2.45. The molecule has 3 aromatic rings. The third kappa shape index (κ3) is 7.96. The molecule has 1 spiro atoms. The van der Waals surface area contributed by atoms with E-state index in [0.717, 1.165) is 69.5 Å². The van der Waals surface area contributed by atoms with E-state index in [9.17, 15) is 13.2 Å². The van der Waals surface area contributed by atoms with Gasteiger partial charge in [0.25, 0.3) is 0 Å². The number of likely N-dealkylation sites (tertiary alicyclic amines) is 1. The predicted molar refractivity (Wildman–Crippen MR) is 164 cm³/mol. The van der Waals surface area contributed by atoms with E-state index in [-0.39, 0.29) is 22.8 Å². The van der Waals surface area contributed by atoms with Crippen LogP contribution in [0.4, 0.5) is 0 Å². The normalized spacial score (nSPS) is 18.4. The summed E-state index contributed by atoms with van der Waals surface area (Å²) in [4.78, 5) is 21.9. The van der Waals surface area contributed by atoms with E-state index in [1.54, 1.807) is 30.5 Å². The molecule has 1 aromatic heterocycles. The van der Waals surface area contributed by atoms with Gasteiger partial charge in [-0.2, -0.15) is 0 Å². The minimum absolute atomic E-state index is 0.0824. The van der Waals surface area contributed by atoms with Crippen LogP contribution in [0.2, 0.25) is 0 Å². The highest BCUT2D eigenvalue weighted by atomic mass is 32.2. The third-order valence-corrected chi connectivity index (χ3v) is 10.1. The molecule has 2 aliphatic heterocycles. The van der Waals surface area contributed by atoms with Crippen LogP contribution in [0.3, 0.4) is 0 Å². The molecule has 3 heterocycles. The maximum absolute atomic E-state index is 13.1. The van der Waals surface area contributed by atoms with E-state index >= 15 is 0 Å². The van der Waals surface area contributed by atoms with Crippen molar-refractivity contribution in [3.63, 3.8) is 0 Å². The van der Waals surface area contributed by atoms with Crippen molar-refractivity contribution in [3.8, 4) is 5.75 Å². The molecule has 0 radical (unpaired) electrons. The Morgan fingerprint density at radius 1 is 0.976 bits per heavy atom. The Hall–Kier alpha value is -3.27. The number of hydrogen-bond donors (Lipinski definition) is 1. The first-order chi connectivity index (χ1) is 20.3. The lowest BCUT2D eigenvalue weighted by Crippen LogP contribution is -2.50. The number of amides is 1. The fourth-order valence-corrected chi connectivity index (χ4v) is 7.15. The van der Waals surface area contributed by atoms with E-state index in [0.29, 0.717) is 19.7 Å². The lowest BCUT2D eigenvalue weighted by molar-refractivity contribution is -0.132. The second-order valence-corrected chi connectivity index (χ2v) is 13.5. The smallest absolute Gasteiger partial charge is 0.241 e. The van der Waals surface area contributed by atoms with Gasteiger partial charge >= 0.3 is 0 Å². The molecular formula is C33H42N4O4S. The number of carbonyl (C=O) groups is 1. The Kier molecular flexibility index (Phi) is 9.92. The maximum atomic E-state index is 13.1. The van der Waals surface area contributed by atoms with Crippen LogP contribution in [0.15, 0.2) is 78.0 Å². The summed E-state index contributed by atoms with van der Waals surface area (Å²) in [6.07, 6.45) is 9.81. The number of piperidine rings is 1. The first-order valence-corrected chi connectivity index (χ1v) is 16.5. The number of aromatic nitrogens is 1. The van der Waals surface area contributed by atoms with Gasteiger partial charge in [-0.25, -0.2) is 13.1 Å². The van der Waals surface area contributed by atoms with Crippen molar-refractivity contribution in [1.82, 2.24) is 19.5 Å². The number of aryl methyl sites for hydroxylation is 2. The van der Waals surface area contributed by atoms with Crippen LogP contribution in [0.5, 0.6) is 5.75 Å². The van der Waals surface area contributed by atoms with E-state index in [2.05, 4.69) is 38.9 Å². The Labute approximate surface area is 250 Å². The van der Waals surface area contributed by atoms with E-state index < -0.39 is 10.0 Å². The molecule has 5 rings (SSSR count). The summed E-state index contributed by atoms with van der Waals surface area (Å²) in [6.45, 7) is 6.07. The number of para-hydroxylation sites is 1. The summed E-state index contributed by atoms with van der Waals surface area (Å²) < 4.78 is 34.2. The number of fused-ring (bicyclic) bond motifs is 1. The predicted octanol–water partition coefficient (Wildman–Crippen LogP) is 4.58. The van der Waals surface area contributed by atoms with Crippen LogP contribution >= 0.6 is 0 Å². The van der Waals surface area contributed by atoms with Crippen LogP contribution in [-0.2, 0) is 27.8 Å². The van der Waals surface area contributed by atoms with Gasteiger partial charge in [-0.15, -0.1) is 0 Å². The Morgan fingerprint density at radius 3 is 2.52 bits per heavy atom. The number of sulfonamides is 1. The zero-order valence-electron chi connectivity index (χ0n) is 24.5. The number of carbonyl (C=O) groups excluding carboxylic acids is 1. The monoisotopic (exact) mass is 590 g/mol. The third-order valence-electron chi connectivity index (χ3n) is 8.65. The van der Waals surface area contributed by atoms with Gasteiger partial charge in [0.1, 0.15) is 12.4 Å². The molecule has 42 heavy (non-hydrogen) atoms. The molecule has 224 valence electrons. The Balaban J connectivity index is 1.24. The van der Waals surface area contributed by atoms with Gasteiger partial charge in [0.15, 0.2) is 0 Å². The Morgan fingerprint density at radius 2 is 1.76 bits per heavy atom. The van der Waals surface area contributed by atoms with Crippen molar-refractivity contribution >= 4 is 15.9 Å². The number of nitrogens with one attached hydrogen (secondary N) is 1. The highest BCUT2D eigenvalue weighted by molar-refractivity contribution is 7.89. The SMILES string of the molecule is Cc1ccc(S(=O)(=O)NCC(=O)N2CCC3(CCCCc4ccccc4OCCN(Cc4cccnc4)C3)CC2)cc1. The quantitative estimate of drug-likeness (QED) is 0.452. The van der Waals surface area contributed by atoms with Crippen molar-refractivity contribution in [2.24, 2.45) is 5.41 Å². The van der Waals surface area contributed by atoms with Crippen LogP contribution < -0.4 is 9.46 Å². The number of nitrogens with zero attached hydrogens (tertiary/aromatic N) is 3. The molecule has 2 aromatic carbocycles. The summed E-state index contributed by atoms with van der Waals surface area (Å²) in [5.74, 6) is 0.810.